The van der Waals surface area contributed by atoms with Gasteiger partial charge < -0.3 is 9.80 Å². The van der Waals surface area contributed by atoms with E-state index in [1.807, 2.05) is 19.1 Å². The second-order valence-electron chi connectivity index (χ2n) is 5.93. The topological polar surface area (TPSA) is 87.3 Å². The highest BCUT2D eigenvalue weighted by Crippen LogP contribution is 2.24. The van der Waals surface area contributed by atoms with Gasteiger partial charge in [-0.2, -0.15) is 10.5 Å². The van der Waals surface area contributed by atoms with Crippen molar-refractivity contribution in [2.75, 3.05) is 44.2 Å². The Hall–Kier alpha value is -2.16. The number of aryl methyl sites for hydroxylation is 1. The molecule has 0 N–H and O–H groups in total. The van der Waals surface area contributed by atoms with Crippen LogP contribution in [0.2, 0.25) is 0 Å². The van der Waals surface area contributed by atoms with E-state index in [-0.39, 0.29) is 19.0 Å². The standard InChI is InChI=1S/C16H22N6OS/c1-13-12-24-16(19-13)22-10-9-20(11-14(22)2)6-3-15(23)21(7-4-17)8-5-18/h12,14H,3,6-11H2,1-2H3/t14-/m0/s1. The van der Waals surface area contributed by atoms with Crippen molar-refractivity contribution in [1.29, 1.82) is 10.5 Å². The van der Waals surface area contributed by atoms with E-state index in [2.05, 4.69) is 27.1 Å². The van der Waals surface area contributed by atoms with Gasteiger partial charge in [-0.25, -0.2) is 4.98 Å². The van der Waals surface area contributed by atoms with Crippen LogP contribution in [0.15, 0.2) is 5.38 Å². The Morgan fingerprint density at radius 1 is 1.42 bits per heavy atom. The third-order valence-corrected chi connectivity index (χ3v) is 5.08. The van der Waals surface area contributed by atoms with Crippen LogP contribution in [0.25, 0.3) is 0 Å². The van der Waals surface area contributed by atoms with Gasteiger partial charge in [-0.3, -0.25) is 9.69 Å². The predicted molar refractivity (Wildman–Crippen MR) is 92.5 cm³/mol. The zero-order valence-corrected chi connectivity index (χ0v) is 14.9. The molecular formula is C16H22N6OS. The number of aromatic nitrogens is 1. The SMILES string of the molecule is Cc1csc(N2CCN(CCC(=O)N(CC#N)CC#N)C[C@@H]2C)n1. The number of nitrogens with zero attached hydrogens (tertiary/aromatic N) is 6. The maximum absolute atomic E-state index is 12.1. The van der Waals surface area contributed by atoms with Crippen molar-refractivity contribution in [3.05, 3.63) is 11.1 Å². The molecule has 128 valence electrons. The molecule has 1 fully saturated rings. The van der Waals surface area contributed by atoms with Gasteiger partial charge in [0, 0.05) is 44.0 Å². The van der Waals surface area contributed by atoms with Crippen LogP contribution < -0.4 is 4.90 Å². The summed E-state index contributed by atoms with van der Waals surface area (Å²) in [5.74, 6) is -0.135. The fourth-order valence-corrected chi connectivity index (χ4v) is 3.74. The lowest BCUT2D eigenvalue weighted by Gasteiger charge is -2.39. The zero-order valence-electron chi connectivity index (χ0n) is 14.1. The van der Waals surface area contributed by atoms with Crippen molar-refractivity contribution < 1.29 is 4.79 Å². The van der Waals surface area contributed by atoms with Crippen LogP contribution in [0.1, 0.15) is 19.0 Å². The second-order valence-corrected chi connectivity index (χ2v) is 6.77. The summed E-state index contributed by atoms with van der Waals surface area (Å²) in [6, 6.07) is 4.21. The normalized spacial score (nSPS) is 18.0. The number of piperazine rings is 1. The third-order valence-electron chi connectivity index (χ3n) is 4.08. The lowest BCUT2D eigenvalue weighted by molar-refractivity contribution is -0.130. The largest absolute Gasteiger partial charge is 0.343 e. The van der Waals surface area contributed by atoms with Gasteiger partial charge in [-0.1, -0.05) is 0 Å². The maximum Gasteiger partial charge on any atom is 0.225 e. The van der Waals surface area contributed by atoms with Gasteiger partial charge in [0.15, 0.2) is 5.13 Å². The van der Waals surface area contributed by atoms with E-state index in [0.717, 1.165) is 30.5 Å². The first kappa shape index (κ1) is 18.2. The molecule has 1 aliphatic rings. The molecule has 0 saturated carbocycles. The Morgan fingerprint density at radius 2 is 2.12 bits per heavy atom. The van der Waals surface area contributed by atoms with Gasteiger partial charge in [0.2, 0.25) is 5.91 Å². The monoisotopic (exact) mass is 346 g/mol. The molecule has 8 heteroatoms. The summed E-state index contributed by atoms with van der Waals surface area (Å²) in [5, 5.41) is 20.6. The Morgan fingerprint density at radius 3 is 2.67 bits per heavy atom. The Kier molecular flexibility index (Phi) is 6.53. The van der Waals surface area contributed by atoms with Crippen LogP contribution >= 0.6 is 11.3 Å². The molecule has 2 heterocycles. The van der Waals surface area contributed by atoms with Crippen molar-refractivity contribution >= 4 is 22.4 Å². The van der Waals surface area contributed by atoms with Crippen LogP contribution in [0.5, 0.6) is 0 Å². The molecule has 1 aromatic heterocycles. The molecule has 0 bridgehead atoms. The van der Waals surface area contributed by atoms with E-state index in [4.69, 9.17) is 10.5 Å². The average Bonchev–Trinajstić information content (AvgIpc) is 2.98. The van der Waals surface area contributed by atoms with E-state index >= 15 is 0 Å². The highest BCUT2D eigenvalue weighted by molar-refractivity contribution is 7.13. The summed E-state index contributed by atoms with van der Waals surface area (Å²) in [5.41, 5.74) is 1.05. The van der Waals surface area contributed by atoms with E-state index < -0.39 is 0 Å². The van der Waals surface area contributed by atoms with E-state index in [9.17, 15) is 4.79 Å². The quantitative estimate of drug-likeness (QED) is 0.720. The number of nitriles is 2. The lowest BCUT2D eigenvalue weighted by atomic mass is 10.2. The zero-order chi connectivity index (χ0) is 17.5. The number of amides is 1. The fourth-order valence-electron chi connectivity index (χ4n) is 2.81. The number of thiazole rings is 1. The first-order chi connectivity index (χ1) is 11.5. The highest BCUT2D eigenvalue weighted by Gasteiger charge is 2.26. The molecule has 0 aliphatic carbocycles. The first-order valence-corrected chi connectivity index (χ1v) is 8.86. The number of carbonyl (C=O) groups excluding carboxylic acids is 1. The predicted octanol–water partition coefficient (Wildman–Crippen LogP) is 1.23. The fraction of sp³-hybridized carbons (Fsp3) is 0.625. The minimum atomic E-state index is -0.135. The summed E-state index contributed by atoms with van der Waals surface area (Å²) in [6.45, 7) is 7.42. The van der Waals surface area contributed by atoms with Crippen molar-refractivity contribution in [1.82, 2.24) is 14.8 Å². The highest BCUT2D eigenvalue weighted by atomic mass is 32.1. The summed E-state index contributed by atoms with van der Waals surface area (Å²) in [7, 11) is 0. The van der Waals surface area contributed by atoms with E-state index in [1.165, 1.54) is 4.90 Å². The Balaban J connectivity index is 1.82. The molecule has 0 unspecified atom stereocenters. The van der Waals surface area contributed by atoms with Gasteiger partial charge in [-0.15, -0.1) is 11.3 Å². The second kappa shape index (κ2) is 8.62. The Labute approximate surface area is 146 Å². The number of hydrogen-bond acceptors (Lipinski definition) is 7. The molecule has 1 amide bonds. The van der Waals surface area contributed by atoms with Crippen molar-refractivity contribution in [2.24, 2.45) is 0 Å². The van der Waals surface area contributed by atoms with Crippen LogP contribution in [0, 0.1) is 29.6 Å². The average molecular weight is 346 g/mol. The number of hydrogen-bond donors (Lipinski definition) is 0. The van der Waals surface area contributed by atoms with Crippen molar-refractivity contribution in [3.8, 4) is 12.1 Å². The van der Waals surface area contributed by atoms with Gasteiger partial charge in [-0.05, 0) is 13.8 Å². The molecule has 0 spiro atoms. The summed E-state index contributed by atoms with van der Waals surface area (Å²) >= 11 is 1.67. The Bertz CT molecular complexity index is 630. The smallest absolute Gasteiger partial charge is 0.225 e. The van der Waals surface area contributed by atoms with Crippen LogP contribution in [-0.2, 0) is 4.79 Å². The van der Waals surface area contributed by atoms with Crippen molar-refractivity contribution in [2.45, 2.75) is 26.3 Å². The minimum Gasteiger partial charge on any atom is -0.343 e. The molecule has 1 saturated heterocycles. The molecule has 1 aliphatic heterocycles. The third kappa shape index (κ3) is 4.67. The summed E-state index contributed by atoms with van der Waals surface area (Å²) < 4.78 is 0. The summed E-state index contributed by atoms with van der Waals surface area (Å²) in [4.78, 5) is 22.5. The van der Waals surface area contributed by atoms with Crippen molar-refractivity contribution in [3.63, 3.8) is 0 Å². The molecule has 1 atom stereocenters. The minimum absolute atomic E-state index is 0.0278. The van der Waals surface area contributed by atoms with Crippen LogP contribution in [0.4, 0.5) is 5.13 Å². The number of anilines is 1. The molecule has 1 aromatic rings. The molecular weight excluding hydrogens is 324 g/mol. The molecule has 0 aromatic carbocycles. The number of carbonyl (C=O) groups is 1. The summed E-state index contributed by atoms with van der Waals surface area (Å²) in [6.07, 6.45) is 0.340. The van der Waals surface area contributed by atoms with Crippen LogP contribution in [-0.4, -0.2) is 66.0 Å². The number of rotatable bonds is 6. The maximum atomic E-state index is 12.1. The van der Waals surface area contributed by atoms with Crippen LogP contribution in [0.3, 0.4) is 0 Å². The molecule has 0 radical (unpaired) electrons. The van der Waals surface area contributed by atoms with E-state index in [0.29, 0.717) is 19.0 Å². The molecule has 24 heavy (non-hydrogen) atoms. The van der Waals surface area contributed by atoms with Gasteiger partial charge >= 0.3 is 0 Å². The van der Waals surface area contributed by atoms with E-state index in [1.54, 1.807) is 11.3 Å². The molecule has 2 rings (SSSR count). The first-order valence-electron chi connectivity index (χ1n) is 7.98. The van der Waals surface area contributed by atoms with Gasteiger partial charge in [0.05, 0.1) is 17.8 Å². The lowest BCUT2D eigenvalue weighted by Crippen LogP contribution is -2.52. The van der Waals surface area contributed by atoms with Gasteiger partial charge in [0.1, 0.15) is 13.1 Å². The molecule has 7 nitrogen and oxygen atoms in total. The van der Waals surface area contributed by atoms with Gasteiger partial charge in [0.25, 0.3) is 0 Å².